The molecular weight excluding hydrogens is 354 g/mol. The van der Waals surface area contributed by atoms with Gasteiger partial charge in [0, 0.05) is 16.5 Å². The van der Waals surface area contributed by atoms with E-state index >= 15 is 0 Å². The van der Waals surface area contributed by atoms with E-state index < -0.39 is 5.91 Å². The molecule has 4 rings (SSSR count). The molecule has 7 heteroatoms. The minimum absolute atomic E-state index is 0.164. The van der Waals surface area contributed by atoms with Gasteiger partial charge in [-0.05, 0) is 49.2 Å². The fourth-order valence-corrected chi connectivity index (χ4v) is 3.00. The minimum atomic E-state index is -0.400. The van der Waals surface area contributed by atoms with Gasteiger partial charge in [0.05, 0.1) is 18.0 Å². The molecule has 0 radical (unpaired) electrons. The lowest BCUT2D eigenvalue weighted by molar-refractivity contribution is 0.101. The summed E-state index contributed by atoms with van der Waals surface area (Å²) in [4.78, 5) is 30.1. The molecule has 26 heavy (non-hydrogen) atoms. The molecule has 0 bridgehead atoms. The van der Waals surface area contributed by atoms with Crippen LogP contribution in [0.1, 0.15) is 34.9 Å². The van der Waals surface area contributed by atoms with Crippen molar-refractivity contribution in [1.29, 1.82) is 0 Å². The number of hydrogen-bond acceptors (Lipinski definition) is 4. The fraction of sp³-hybridized carbons (Fsp3) is 0.211. The highest BCUT2D eigenvalue weighted by molar-refractivity contribution is 6.31. The van der Waals surface area contributed by atoms with Crippen LogP contribution in [-0.2, 0) is 0 Å². The van der Waals surface area contributed by atoms with Crippen molar-refractivity contribution in [1.82, 2.24) is 9.66 Å². The zero-order valence-electron chi connectivity index (χ0n) is 14.0. The zero-order valence-corrected chi connectivity index (χ0v) is 14.8. The third kappa shape index (κ3) is 3.04. The van der Waals surface area contributed by atoms with Crippen LogP contribution in [0.3, 0.4) is 0 Å². The summed E-state index contributed by atoms with van der Waals surface area (Å²) in [6.07, 6.45) is 1.88. The average molecular weight is 370 g/mol. The Morgan fingerprint density at radius 1 is 1.27 bits per heavy atom. The third-order valence-corrected chi connectivity index (χ3v) is 4.58. The van der Waals surface area contributed by atoms with Gasteiger partial charge in [-0.25, -0.2) is 9.66 Å². The molecule has 0 atom stereocenters. The maximum absolute atomic E-state index is 12.9. The van der Waals surface area contributed by atoms with E-state index in [2.05, 4.69) is 10.4 Å². The molecule has 1 aromatic heterocycles. The molecule has 1 aliphatic rings. The predicted octanol–water partition coefficient (Wildman–Crippen LogP) is 3.32. The van der Waals surface area contributed by atoms with Crippen LogP contribution in [0.5, 0.6) is 5.75 Å². The first-order valence-corrected chi connectivity index (χ1v) is 8.62. The molecule has 0 spiro atoms. The lowest BCUT2D eigenvalue weighted by Gasteiger charge is -2.14. The lowest BCUT2D eigenvalue weighted by atomic mass is 10.2. The monoisotopic (exact) mass is 369 g/mol. The molecule has 1 amide bonds. The van der Waals surface area contributed by atoms with E-state index in [1.54, 1.807) is 42.5 Å². The molecule has 0 saturated heterocycles. The highest BCUT2D eigenvalue weighted by Gasteiger charge is 2.30. The molecule has 6 nitrogen and oxygen atoms in total. The molecular formula is C19H16ClN3O3. The number of ether oxygens (including phenoxy) is 1. The molecule has 1 N–H and O–H groups in total. The summed E-state index contributed by atoms with van der Waals surface area (Å²) in [5, 5.41) is 0.925. The number of amides is 1. The number of fused-ring (bicyclic) bond motifs is 1. The number of rotatable bonds is 4. The van der Waals surface area contributed by atoms with E-state index in [1.165, 1.54) is 11.8 Å². The van der Waals surface area contributed by atoms with Gasteiger partial charge in [-0.15, -0.1) is 0 Å². The average Bonchev–Trinajstić information content (AvgIpc) is 3.48. The van der Waals surface area contributed by atoms with Crippen molar-refractivity contribution < 1.29 is 9.53 Å². The van der Waals surface area contributed by atoms with Gasteiger partial charge >= 0.3 is 0 Å². The largest absolute Gasteiger partial charge is 0.497 e. The number of aromatic nitrogens is 2. The number of halogens is 1. The Labute approximate surface area is 154 Å². The van der Waals surface area contributed by atoms with Crippen molar-refractivity contribution in [2.45, 2.75) is 18.8 Å². The van der Waals surface area contributed by atoms with E-state index in [9.17, 15) is 9.59 Å². The van der Waals surface area contributed by atoms with Crippen molar-refractivity contribution in [3.8, 4) is 5.75 Å². The van der Waals surface area contributed by atoms with E-state index in [-0.39, 0.29) is 11.5 Å². The Kier molecular flexibility index (Phi) is 4.12. The fourth-order valence-electron chi connectivity index (χ4n) is 2.83. The van der Waals surface area contributed by atoms with Gasteiger partial charge < -0.3 is 4.74 Å². The zero-order chi connectivity index (χ0) is 18.3. The van der Waals surface area contributed by atoms with E-state index in [0.29, 0.717) is 33.1 Å². The van der Waals surface area contributed by atoms with Gasteiger partial charge in [0.25, 0.3) is 11.5 Å². The smallest absolute Gasteiger partial charge is 0.280 e. The molecule has 1 heterocycles. The number of hydrogen-bond donors (Lipinski definition) is 1. The van der Waals surface area contributed by atoms with Crippen LogP contribution in [0.4, 0.5) is 0 Å². The Morgan fingerprint density at radius 3 is 2.81 bits per heavy atom. The molecule has 0 unspecified atom stereocenters. The SMILES string of the molecule is COc1cccc(C(=O)Nn2c(C3CC3)nc3cc(Cl)ccc3c2=O)c1. The highest BCUT2D eigenvalue weighted by atomic mass is 35.5. The van der Waals surface area contributed by atoms with E-state index in [4.69, 9.17) is 16.3 Å². The molecule has 1 saturated carbocycles. The molecule has 2 aromatic carbocycles. The van der Waals surface area contributed by atoms with E-state index in [0.717, 1.165) is 12.8 Å². The summed E-state index contributed by atoms with van der Waals surface area (Å²) in [5.74, 6) is 0.888. The van der Waals surface area contributed by atoms with Gasteiger partial charge in [0.2, 0.25) is 0 Å². The predicted molar refractivity (Wildman–Crippen MR) is 99.7 cm³/mol. The minimum Gasteiger partial charge on any atom is -0.497 e. The van der Waals surface area contributed by atoms with Crippen LogP contribution in [0, 0.1) is 0 Å². The second-order valence-electron chi connectivity index (χ2n) is 6.22. The maximum atomic E-state index is 12.9. The van der Waals surface area contributed by atoms with Crippen LogP contribution in [-0.4, -0.2) is 22.7 Å². The van der Waals surface area contributed by atoms with Gasteiger partial charge in [0.15, 0.2) is 0 Å². The summed E-state index contributed by atoms with van der Waals surface area (Å²) in [6, 6.07) is 11.7. The quantitative estimate of drug-likeness (QED) is 0.765. The summed E-state index contributed by atoms with van der Waals surface area (Å²) < 4.78 is 6.41. The van der Waals surface area contributed by atoms with Gasteiger partial charge in [-0.1, -0.05) is 17.7 Å². The first-order chi connectivity index (χ1) is 12.6. The van der Waals surface area contributed by atoms with Crippen LogP contribution in [0.15, 0.2) is 47.3 Å². The number of nitrogens with one attached hydrogen (secondary N) is 1. The summed E-state index contributed by atoms with van der Waals surface area (Å²) in [5.41, 5.74) is 3.31. The van der Waals surface area contributed by atoms with Crippen molar-refractivity contribution in [3.05, 3.63) is 69.2 Å². The lowest BCUT2D eigenvalue weighted by Crippen LogP contribution is -2.36. The van der Waals surface area contributed by atoms with Crippen molar-refractivity contribution in [2.75, 3.05) is 12.5 Å². The third-order valence-electron chi connectivity index (χ3n) is 4.35. The Hall–Kier alpha value is -2.86. The van der Waals surface area contributed by atoms with Crippen LogP contribution >= 0.6 is 11.6 Å². The Morgan fingerprint density at radius 2 is 2.08 bits per heavy atom. The molecule has 1 aliphatic carbocycles. The summed E-state index contributed by atoms with van der Waals surface area (Å²) >= 11 is 6.02. The van der Waals surface area contributed by atoms with Crippen LogP contribution in [0.2, 0.25) is 5.02 Å². The van der Waals surface area contributed by atoms with Gasteiger partial charge in [-0.2, -0.15) is 0 Å². The molecule has 0 aliphatic heterocycles. The number of carbonyl (C=O) groups is 1. The Balaban J connectivity index is 1.79. The number of methoxy groups -OCH3 is 1. The molecule has 3 aromatic rings. The van der Waals surface area contributed by atoms with Crippen LogP contribution in [0.25, 0.3) is 10.9 Å². The molecule has 1 fully saturated rings. The first kappa shape index (κ1) is 16.6. The number of nitrogens with zero attached hydrogens (tertiary/aromatic N) is 2. The standard InChI is InChI=1S/C19H16ClN3O3/c1-26-14-4-2-3-12(9-14)18(24)22-23-17(11-5-6-11)21-16-10-13(20)7-8-15(16)19(23)25/h2-4,7-11H,5-6H2,1H3,(H,22,24). The van der Waals surface area contributed by atoms with Crippen molar-refractivity contribution in [3.63, 3.8) is 0 Å². The first-order valence-electron chi connectivity index (χ1n) is 8.24. The number of carbonyl (C=O) groups excluding carboxylic acids is 1. The Bertz CT molecular complexity index is 1070. The summed E-state index contributed by atoms with van der Waals surface area (Å²) in [7, 11) is 1.53. The van der Waals surface area contributed by atoms with Gasteiger partial charge in [-0.3, -0.25) is 15.0 Å². The summed E-state index contributed by atoms with van der Waals surface area (Å²) in [6.45, 7) is 0. The molecule has 132 valence electrons. The highest BCUT2D eigenvalue weighted by Crippen LogP contribution is 2.38. The topological polar surface area (TPSA) is 73.2 Å². The maximum Gasteiger partial charge on any atom is 0.280 e. The second kappa shape index (κ2) is 6.46. The van der Waals surface area contributed by atoms with Gasteiger partial charge in [0.1, 0.15) is 11.6 Å². The van der Waals surface area contributed by atoms with Crippen LogP contribution < -0.4 is 15.7 Å². The van der Waals surface area contributed by atoms with E-state index in [1.807, 2.05) is 0 Å². The normalized spacial score (nSPS) is 13.6. The second-order valence-corrected chi connectivity index (χ2v) is 6.66. The van der Waals surface area contributed by atoms with Crippen molar-refractivity contribution in [2.24, 2.45) is 0 Å². The number of benzene rings is 2. The van der Waals surface area contributed by atoms with Crippen molar-refractivity contribution >= 4 is 28.4 Å².